The summed E-state index contributed by atoms with van der Waals surface area (Å²) >= 11 is 0. The lowest BCUT2D eigenvalue weighted by molar-refractivity contribution is -0.924. The number of nitrogens with zero attached hydrogens (tertiary/aromatic N) is 1. The molecule has 22 heavy (non-hydrogen) atoms. The first-order valence-corrected chi connectivity index (χ1v) is 8.28. The minimum absolute atomic E-state index is 0.176. The number of hydrogen-bond acceptors (Lipinski definition) is 1. The van der Waals surface area contributed by atoms with Crippen molar-refractivity contribution >= 4 is 0 Å². The van der Waals surface area contributed by atoms with Crippen molar-refractivity contribution in [2.75, 3.05) is 13.1 Å². The van der Waals surface area contributed by atoms with Gasteiger partial charge in [-0.05, 0) is 25.0 Å². The molecule has 114 valence electrons. The Balaban J connectivity index is 1.59. The van der Waals surface area contributed by atoms with Gasteiger partial charge in [0.25, 0.3) is 5.56 Å². The van der Waals surface area contributed by atoms with E-state index in [4.69, 9.17) is 0 Å². The monoisotopic (exact) mass is 295 g/mol. The Morgan fingerprint density at radius 3 is 2.86 bits per heavy atom. The number of piperidine rings is 1. The number of fused-ring (bicyclic) bond motifs is 4. The highest BCUT2D eigenvalue weighted by molar-refractivity contribution is 5.24. The van der Waals surface area contributed by atoms with Gasteiger partial charge < -0.3 is 9.47 Å². The molecule has 0 radical (unpaired) electrons. The SMILES string of the molecule is Cc1ccccc1C[NH+]1C[C@H]2C[C@@H](C1)c1cccc(=O)n1C2. The van der Waals surface area contributed by atoms with Crippen molar-refractivity contribution in [3.05, 3.63) is 69.6 Å². The minimum Gasteiger partial charge on any atom is -0.330 e. The zero-order chi connectivity index (χ0) is 15.1. The second kappa shape index (κ2) is 5.40. The molecule has 3 heterocycles. The molecule has 4 rings (SSSR count). The summed E-state index contributed by atoms with van der Waals surface area (Å²) in [7, 11) is 0. The van der Waals surface area contributed by atoms with Crippen LogP contribution >= 0.6 is 0 Å². The van der Waals surface area contributed by atoms with Crippen LogP contribution in [0.3, 0.4) is 0 Å². The molecule has 2 bridgehead atoms. The van der Waals surface area contributed by atoms with Crippen molar-refractivity contribution in [2.24, 2.45) is 5.92 Å². The van der Waals surface area contributed by atoms with E-state index in [0.717, 1.165) is 19.6 Å². The van der Waals surface area contributed by atoms with Crippen molar-refractivity contribution in [2.45, 2.75) is 32.4 Å². The van der Waals surface area contributed by atoms with Gasteiger partial charge in [0.2, 0.25) is 0 Å². The third-order valence-electron chi connectivity index (χ3n) is 5.37. The Bertz CT molecular complexity index is 749. The smallest absolute Gasteiger partial charge is 0.250 e. The summed E-state index contributed by atoms with van der Waals surface area (Å²) in [5, 5.41) is 0. The molecular formula is C19H23N2O+. The number of nitrogens with one attached hydrogen (secondary N) is 1. The van der Waals surface area contributed by atoms with Crippen LogP contribution in [0.25, 0.3) is 0 Å². The number of quaternary nitrogens is 1. The fraction of sp³-hybridized carbons (Fsp3) is 0.421. The maximum Gasteiger partial charge on any atom is 0.250 e. The summed E-state index contributed by atoms with van der Waals surface area (Å²) in [5.41, 5.74) is 4.28. The van der Waals surface area contributed by atoms with Gasteiger partial charge in [-0.2, -0.15) is 0 Å². The van der Waals surface area contributed by atoms with Gasteiger partial charge in [-0.25, -0.2) is 0 Å². The summed E-state index contributed by atoms with van der Waals surface area (Å²) < 4.78 is 2.02. The molecule has 1 fully saturated rings. The second-order valence-electron chi connectivity index (χ2n) is 6.96. The molecular weight excluding hydrogens is 272 g/mol. The molecule has 1 aromatic heterocycles. The topological polar surface area (TPSA) is 26.4 Å². The number of aryl methyl sites for hydroxylation is 1. The van der Waals surface area contributed by atoms with Crippen LogP contribution in [-0.2, 0) is 13.1 Å². The summed E-state index contributed by atoms with van der Waals surface area (Å²) in [5.74, 6) is 1.19. The Kier molecular flexibility index (Phi) is 3.38. The molecule has 1 N–H and O–H groups in total. The molecule has 2 aromatic rings. The van der Waals surface area contributed by atoms with Crippen molar-refractivity contribution in [3.63, 3.8) is 0 Å². The number of likely N-dealkylation sites (tertiary alicyclic amines) is 1. The predicted octanol–water partition coefficient (Wildman–Crippen LogP) is 1.36. The zero-order valence-electron chi connectivity index (χ0n) is 13.1. The molecule has 1 saturated heterocycles. The van der Waals surface area contributed by atoms with Crippen molar-refractivity contribution in [1.82, 2.24) is 4.57 Å². The molecule has 3 atom stereocenters. The summed E-state index contributed by atoms with van der Waals surface area (Å²) in [6, 6.07) is 14.5. The number of hydrogen-bond donors (Lipinski definition) is 1. The molecule has 2 aliphatic heterocycles. The molecule has 1 unspecified atom stereocenters. The lowest BCUT2D eigenvalue weighted by Crippen LogP contribution is -3.13. The number of pyridine rings is 1. The van der Waals surface area contributed by atoms with Gasteiger partial charge in [0.15, 0.2) is 0 Å². The van der Waals surface area contributed by atoms with Crippen LogP contribution in [0.1, 0.15) is 29.2 Å². The average molecular weight is 295 g/mol. The molecule has 3 nitrogen and oxygen atoms in total. The van der Waals surface area contributed by atoms with E-state index in [2.05, 4.69) is 37.3 Å². The summed E-state index contributed by atoms with van der Waals surface area (Å²) in [4.78, 5) is 13.7. The summed E-state index contributed by atoms with van der Waals surface area (Å²) in [6.07, 6.45) is 1.25. The van der Waals surface area contributed by atoms with Gasteiger partial charge in [0.05, 0.1) is 13.1 Å². The maximum absolute atomic E-state index is 12.1. The highest BCUT2D eigenvalue weighted by Crippen LogP contribution is 2.30. The first-order valence-electron chi connectivity index (χ1n) is 8.28. The van der Waals surface area contributed by atoms with E-state index in [1.165, 1.54) is 29.8 Å². The third kappa shape index (κ3) is 2.40. The largest absolute Gasteiger partial charge is 0.330 e. The highest BCUT2D eigenvalue weighted by atomic mass is 16.1. The Labute approximate surface area is 131 Å². The van der Waals surface area contributed by atoms with E-state index in [-0.39, 0.29) is 5.56 Å². The van der Waals surface area contributed by atoms with Crippen LogP contribution < -0.4 is 10.5 Å². The van der Waals surface area contributed by atoms with Crippen LogP contribution in [0.5, 0.6) is 0 Å². The van der Waals surface area contributed by atoms with Crippen LogP contribution in [0.15, 0.2) is 47.3 Å². The van der Waals surface area contributed by atoms with Crippen molar-refractivity contribution < 1.29 is 4.90 Å². The molecule has 0 spiro atoms. The number of rotatable bonds is 2. The van der Waals surface area contributed by atoms with Crippen LogP contribution in [-0.4, -0.2) is 17.7 Å². The summed E-state index contributed by atoms with van der Waals surface area (Å²) in [6.45, 7) is 6.55. The first-order chi connectivity index (χ1) is 10.7. The van der Waals surface area contributed by atoms with E-state index in [0.29, 0.717) is 11.8 Å². The first kappa shape index (κ1) is 13.8. The van der Waals surface area contributed by atoms with E-state index < -0.39 is 0 Å². The fourth-order valence-corrected chi connectivity index (χ4v) is 4.34. The van der Waals surface area contributed by atoms with Crippen molar-refractivity contribution in [3.8, 4) is 0 Å². The molecule has 0 aliphatic carbocycles. The Hall–Kier alpha value is -1.87. The lowest BCUT2D eigenvalue weighted by Gasteiger charge is -2.40. The third-order valence-corrected chi connectivity index (χ3v) is 5.37. The molecule has 0 saturated carbocycles. The Morgan fingerprint density at radius 2 is 2.00 bits per heavy atom. The van der Waals surface area contributed by atoms with Gasteiger partial charge in [-0.1, -0.05) is 30.3 Å². The Morgan fingerprint density at radius 1 is 1.14 bits per heavy atom. The van der Waals surface area contributed by atoms with E-state index in [1.54, 1.807) is 11.0 Å². The van der Waals surface area contributed by atoms with Gasteiger partial charge in [-0.3, -0.25) is 4.79 Å². The zero-order valence-corrected chi connectivity index (χ0v) is 13.1. The van der Waals surface area contributed by atoms with Crippen LogP contribution in [0.2, 0.25) is 0 Å². The highest BCUT2D eigenvalue weighted by Gasteiger charge is 2.37. The van der Waals surface area contributed by atoms with Crippen LogP contribution in [0.4, 0.5) is 0 Å². The van der Waals surface area contributed by atoms with Crippen molar-refractivity contribution in [1.29, 1.82) is 0 Å². The van der Waals surface area contributed by atoms with Gasteiger partial charge in [0.1, 0.15) is 6.54 Å². The molecule has 1 aromatic carbocycles. The fourth-order valence-electron chi connectivity index (χ4n) is 4.34. The molecule has 3 heteroatoms. The molecule has 0 amide bonds. The normalized spacial score (nSPS) is 26.5. The van der Waals surface area contributed by atoms with Gasteiger partial charge in [-0.15, -0.1) is 0 Å². The van der Waals surface area contributed by atoms with E-state index in [1.807, 2.05) is 10.6 Å². The molecule has 2 aliphatic rings. The maximum atomic E-state index is 12.1. The quantitative estimate of drug-likeness (QED) is 0.890. The predicted molar refractivity (Wildman–Crippen MR) is 87.1 cm³/mol. The van der Waals surface area contributed by atoms with Gasteiger partial charge >= 0.3 is 0 Å². The van der Waals surface area contributed by atoms with E-state index >= 15 is 0 Å². The van der Waals surface area contributed by atoms with Gasteiger partial charge in [0, 0.05) is 35.7 Å². The average Bonchev–Trinajstić information content (AvgIpc) is 2.51. The minimum atomic E-state index is 0.176. The lowest BCUT2D eigenvalue weighted by atomic mass is 9.83. The number of aromatic nitrogens is 1. The number of benzene rings is 1. The van der Waals surface area contributed by atoms with E-state index in [9.17, 15) is 4.79 Å². The second-order valence-corrected chi connectivity index (χ2v) is 6.96. The van der Waals surface area contributed by atoms with Crippen LogP contribution in [0, 0.1) is 12.8 Å². The standard InChI is InChI=1S/C19H22N2O/c1-14-5-2-3-6-16(14)12-20-10-15-9-17(13-20)18-7-4-8-19(22)21(18)11-15/h2-8,15,17H,9-13H2,1H3/p+1/t15-,17+/m1/s1.